The highest BCUT2D eigenvalue weighted by Gasteiger charge is 2.40. The molecule has 19 heavy (non-hydrogen) atoms. The monoisotopic (exact) mass is 266 g/mol. The molecule has 0 radical (unpaired) electrons. The lowest BCUT2D eigenvalue weighted by Crippen LogP contribution is -2.51. The van der Waals surface area contributed by atoms with E-state index in [0.717, 1.165) is 0 Å². The first-order chi connectivity index (χ1) is 8.99. The fourth-order valence-electron chi connectivity index (χ4n) is 2.36. The van der Waals surface area contributed by atoms with Gasteiger partial charge in [-0.2, -0.15) is 0 Å². The van der Waals surface area contributed by atoms with Crippen LogP contribution in [0.5, 0.6) is 0 Å². The van der Waals surface area contributed by atoms with Crippen molar-refractivity contribution in [3.8, 4) is 12.3 Å². The quantitative estimate of drug-likeness (QED) is 0.761. The van der Waals surface area contributed by atoms with E-state index in [2.05, 4.69) is 11.2 Å². The summed E-state index contributed by atoms with van der Waals surface area (Å²) in [6.45, 7) is 4.73. The van der Waals surface area contributed by atoms with E-state index in [-0.39, 0.29) is 12.1 Å². The molecule has 0 spiro atoms. The lowest BCUT2D eigenvalue weighted by Gasteiger charge is -2.38. The number of nitrogens with one attached hydrogen (secondary N) is 1. The second-order valence-electron chi connectivity index (χ2n) is 5.00. The number of piperidine rings is 1. The predicted octanol–water partition coefficient (Wildman–Crippen LogP) is 1.68. The zero-order valence-electron chi connectivity index (χ0n) is 11.6. The van der Waals surface area contributed by atoms with Gasteiger partial charge in [0, 0.05) is 13.1 Å². The number of aliphatic carboxylic acids is 1. The average Bonchev–Trinajstić information content (AvgIpc) is 2.44. The van der Waals surface area contributed by atoms with Crippen LogP contribution >= 0.6 is 0 Å². The van der Waals surface area contributed by atoms with E-state index in [9.17, 15) is 14.7 Å². The number of carboxylic acids is 1. The molecule has 0 bridgehead atoms. The normalized spacial score (nSPS) is 19.3. The highest BCUT2D eigenvalue weighted by molar-refractivity contribution is 5.77. The SMILES string of the molecule is C#CC(CC)NC(=O)N1CCC(CC)(C(=O)O)CC1. The Balaban J connectivity index is 2.56. The van der Waals surface area contributed by atoms with E-state index in [1.54, 1.807) is 4.90 Å². The van der Waals surface area contributed by atoms with Crippen molar-refractivity contribution in [1.82, 2.24) is 10.2 Å². The minimum atomic E-state index is -0.759. The third-order valence-electron chi connectivity index (χ3n) is 4.05. The van der Waals surface area contributed by atoms with Gasteiger partial charge < -0.3 is 15.3 Å². The van der Waals surface area contributed by atoms with Crippen LogP contribution in [-0.4, -0.2) is 41.1 Å². The number of hydrogen-bond acceptors (Lipinski definition) is 2. The van der Waals surface area contributed by atoms with Crippen LogP contribution in [0.2, 0.25) is 0 Å². The van der Waals surface area contributed by atoms with Crippen molar-refractivity contribution in [2.24, 2.45) is 5.41 Å². The lowest BCUT2D eigenvalue weighted by molar-refractivity contribution is -0.151. The standard InChI is InChI=1S/C14H22N2O3/c1-4-11(5-2)15-13(19)16-9-7-14(6-3,8-10-16)12(17)18/h1,11H,5-10H2,2-3H3,(H,15,19)(H,17,18). The summed E-state index contributed by atoms with van der Waals surface area (Å²) in [4.78, 5) is 24.9. The third kappa shape index (κ3) is 3.40. The van der Waals surface area contributed by atoms with Crippen molar-refractivity contribution in [1.29, 1.82) is 0 Å². The smallest absolute Gasteiger partial charge is 0.318 e. The number of carboxylic acid groups (broad SMARTS) is 1. The van der Waals surface area contributed by atoms with E-state index >= 15 is 0 Å². The Kier molecular flexibility index (Phi) is 5.22. The zero-order chi connectivity index (χ0) is 14.5. The number of rotatable bonds is 4. The highest BCUT2D eigenvalue weighted by Crippen LogP contribution is 2.35. The van der Waals surface area contributed by atoms with Gasteiger partial charge in [0.2, 0.25) is 0 Å². The second-order valence-corrected chi connectivity index (χ2v) is 5.00. The summed E-state index contributed by atoms with van der Waals surface area (Å²) in [5, 5.41) is 12.1. The number of carbonyl (C=O) groups is 2. The fourth-order valence-corrected chi connectivity index (χ4v) is 2.36. The number of terminal acetylenes is 1. The summed E-state index contributed by atoms with van der Waals surface area (Å²) in [5.74, 6) is 1.76. The number of likely N-dealkylation sites (tertiary alicyclic amines) is 1. The first-order valence-corrected chi connectivity index (χ1v) is 6.74. The highest BCUT2D eigenvalue weighted by atomic mass is 16.4. The first-order valence-electron chi connectivity index (χ1n) is 6.74. The Hall–Kier alpha value is -1.70. The first kappa shape index (κ1) is 15.4. The second kappa shape index (κ2) is 6.46. The van der Waals surface area contributed by atoms with Gasteiger partial charge in [-0.3, -0.25) is 4.79 Å². The summed E-state index contributed by atoms with van der Waals surface area (Å²) in [6.07, 6.45) is 7.58. The third-order valence-corrected chi connectivity index (χ3v) is 4.05. The Bertz CT molecular complexity index is 379. The van der Waals surface area contributed by atoms with Gasteiger partial charge in [-0.25, -0.2) is 4.79 Å². The van der Waals surface area contributed by atoms with Gasteiger partial charge in [0.05, 0.1) is 11.5 Å². The van der Waals surface area contributed by atoms with E-state index < -0.39 is 11.4 Å². The van der Waals surface area contributed by atoms with Crippen LogP contribution < -0.4 is 5.32 Å². The van der Waals surface area contributed by atoms with Crippen molar-refractivity contribution in [2.45, 2.75) is 45.6 Å². The molecule has 2 N–H and O–H groups in total. The average molecular weight is 266 g/mol. The van der Waals surface area contributed by atoms with Crippen LogP contribution in [-0.2, 0) is 4.79 Å². The summed E-state index contributed by atoms with van der Waals surface area (Å²) in [7, 11) is 0. The Morgan fingerprint density at radius 3 is 2.37 bits per heavy atom. The van der Waals surface area contributed by atoms with Gasteiger partial charge in [-0.15, -0.1) is 6.42 Å². The molecule has 5 heteroatoms. The van der Waals surface area contributed by atoms with Crippen LogP contribution in [0.15, 0.2) is 0 Å². The summed E-state index contributed by atoms with van der Waals surface area (Å²) in [5.41, 5.74) is -0.674. The number of carbonyl (C=O) groups excluding carboxylic acids is 1. The molecule has 0 aromatic carbocycles. The van der Waals surface area contributed by atoms with Gasteiger partial charge in [-0.1, -0.05) is 19.8 Å². The Labute approximate surface area is 114 Å². The molecule has 0 saturated carbocycles. The molecule has 0 aromatic heterocycles. The van der Waals surface area contributed by atoms with Crippen LogP contribution in [0, 0.1) is 17.8 Å². The van der Waals surface area contributed by atoms with Crippen molar-refractivity contribution in [3.63, 3.8) is 0 Å². The maximum Gasteiger partial charge on any atom is 0.318 e. The van der Waals surface area contributed by atoms with Gasteiger partial charge in [0.25, 0.3) is 0 Å². The van der Waals surface area contributed by atoms with Crippen molar-refractivity contribution < 1.29 is 14.7 Å². The number of urea groups is 1. The molecule has 1 atom stereocenters. The van der Waals surface area contributed by atoms with E-state index in [1.807, 2.05) is 13.8 Å². The van der Waals surface area contributed by atoms with Gasteiger partial charge in [0.15, 0.2) is 0 Å². The molecular weight excluding hydrogens is 244 g/mol. The molecule has 5 nitrogen and oxygen atoms in total. The topological polar surface area (TPSA) is 69.6 Å². The summed E-state index contributed by atoms with van der Waals surface area (Å²) < 4.78 is 0. The Morgan fingerprint density at radius 1 is 1.42 bits per heavy atom. The molecule has 0 aromatic rings. The number of amides is 2. The molecular formula is C14H22N2O3. The molecule has 1 heterocycles. The van der Waals surface area contributed by atoms with E-state index in [4.69, 9.17) is 6.42 Å². The van der Waals surface area contributed by atoms with Crippen molar-refractivity contribution in [2.75, 3.05) is 13.1 Å². The molecule has 1 aliphatic rings. The maximum atomic E-state index is 12.0. The van der Waals surface area contributed by atoms with Crippen LogP contribution in [0.25, 0.3) is 0 Å². The van der Waals surface area contributed by atoms with Crippen LogP contribution in [0.3, 0.4) is 0 Å². The zero-order valence-corrected chi connectivity index (χ0v) is 11.6. The van der Waals surface area contributed by atoms with E-state index in [1.165, 1.54) is 0 Å². The summed E-state index contributed by atoms with van der Waals surface area (Å²) in [6, 6.07) is -0.454. The van der Waals surface area contributed by atoms with Crippen LogP contribution in [0.1, 0.15) is 39.5 Å². The largest absolute Gasteiger partial charge is 0.481 e. The van der Waals surface area contributed by atoms with Crippen molar-refractivity contribution in [3.05, 3.63) is 0 Å². The number of hydrogen-bond donors (Lipinski definition) is 2. The predicted molar refractivity (Wildman–Crippen MR) is 72.6 cm³/mol. The fraction of sp³-hybridized carbons (Fsp3) is 0.714. The minimum absolute atomic E-state index is 0.195. The minimum Gasteiger partial charge on any atom is -0.481 e. The van der Waals surface area contributed by atoms with Gasteiger partial charge in [-0.05, 0) is 25.7 Å². The lowest BCUT2D eigenvalue weighted by atomic mass is 9.76. The number of nitrogens with zero attached hydrogens (tertiary/aromatic N) is 1. The molecule has 2 amide bonds. The van der Waals surface area contributed by atoms with Gasteiger partial charge in [0.1, 0.15) is 0 Å². The molecule has 1 saturated heterocycles. The molecule has 1 rings (SSSR count). The molecule has 1 aliphatic heterocycles. The molecule has 1 unspecified atom stereocenters. The van der Waals surface area contributed by atoms with Crippen molar-refractivity contribution >= 4 is 12.0 Å². The Morgan fingerprint density at radius 2 is 2.00 bits per heavy atom. The summed E-state index contributed by atoms with van der Waals surface area (Å²) >= 11 is 0. The molecule has 106 valence electrons. The van der Waals surface area contributed by atoms with E-state index in [0.29, 0.717) is 38.8 Å². The van der Waals surface area contributed by atoms with Gasteiger partial charge >= 0.3 is 12.0 Å². The molecule has 0 aliphatic carbocycles. The molecule has 1 fully saturated rings. The van der Waals surface area contributed by atoms with Crippen LogP contribution in [0.4, 0.5) is 4.79 Å². The maximum absolute atomic E-state index is 12.0.